The zero-order valence-electron chi connectivity index (χ0n) is 31.8. The highest BCUT2D eigenvalue weighted by atomic mass is 32.2. The summed E-state index contributed by atoms with van der Waals surface area (Å²) in [4.78, 5) is 0. The van der Waals surface area contributed by atoms with Crippen LogP contribution >= 0.6 is 0 Å². The van der Waals surface area contributed by atoms with E-state index in [1.54, 1.807) is 59.5 Å². The molecule has 0 amide bonds. The highest BCUT2D eigenvalue weighted by Gasteiger charge is 2.30. The molecule has 2 atom stereocenters. The monoisotopic (exact) mass is 776 g/mol. The first-order chi connectivity index (χ1) is 25.8. The number of methoxy groups -OCH3 is 3. The van der Waals surface area contributed by atoms with Gasteiger partial charge in [-0.25, -0.2) is 16.8 Å². The second-order valence-corrected chi connectivity index (χ2v) is 17.8. The lowest BCUT2D eigenvalue weighted by Gasteiger charge is -2.26. The van der Waals surface area contributed by atoms with Crippen molar-refractivity contribution in [2.24, 2.45) is 0 Å². The van der Waals surface area contributed by atoms with E-state index in [1.807, 2.05) is 78.9 Å². The molecule has 0 aliphatic rings. The zero-order valence-corrected chi connectivity index (χ0v) is 33.4. The normalized spacial score (nSPS) is 12.9. The predicted molar refractivity (Wildman–Crippen MR) is 215 cm³/mol. The number of sulfonamides is 2. The van der Waals surface area contributed by atoms with Crippen LogP contribution in [0.3, 0.4) is 0 Å². The molecule has 0 aromatic heterocycles. The smallest absolute Gasteiger partial charge is 0.217 e. The van der Waals surface area contributed by atoms with Crippen LogP contribution in [0, 0.1) is 0 Å². The molecule has 4 rings (SSSR count). The van der Waals surface area contributed by atoms with Gasteiger partial charge in [0, 0.05) is 31.7 Å². The summed E-state index contributed by atoms with van der Waals surface area (Å²) in [5.41, 5.74) is 3.99. The maximum atomic E-state index is 13.8. The first-order valence-electron chi connectivity index (χ1n) is 17.7. The molecule has 54 heavy (non-hydrogen) atoms. The largest absolute Gasteiger partial charge is 0.497 e. The first-order valence-corrected chi connectivity index (χ1v) is 20.7. The Morgan fingerprint density at radius 2 is 0.926 bits per heavy atom. The maximum absolute atomic E-state index is 13.8. The van der Waals surface area contributed by atoms with Gasteiger partial charge in [-0.2, -0.15) is 8.61 Å². The third-order valence-electron chi connectivity index (χ3n) is 9.15. The first kappa shape index (κ1) is 42.1. The van der Waals surface area contributed by atoms with Gasteiger partial charge >= 0.3 is 0 Å². The Kier molecular flexibility index (Phi) is 15.3. The summed E-state index contributed by atoms with van der Waals surface area (Å²) >= 11 is 0. The standard InChI is InChI=1S/C42H52N2O8S2/c1-8-10-32(3)53(45,46)43(27-34-12-19-39(49-5)20-13-34)28-36-16-23-41(24-17-36)52-31-38-26-37(18-25-42(38)51-7)30-44(54(47,48)33(4)11-9-2)29-35-14-21-40(50-6)22-15-35/h8-9,12-26,32-33H,1-2,10-11,27-31H2,3-7H3/t32-,33+/m1/s1. The fraction of sp³-hybridized carbons (Fsp3) is 0.333. The number of ether oxygens (including phenoxy) is 4. The van der Waals surface area contributed by atoms with Crippen LogP contribution in [0.5, 0.6) is 23.0 Å². The molecular weight excluding hydrogens is 725 g/mol. The number of hydrogen-bond acceptors (Lipinski definition) is 8. The van der Waals surface area contributed by atoms with E-state index in [-0.39, 0.29) is 32.8 Å². The minimum atomic E-state index is -3.69. The number of hydrogen-bond donors (Lipinski definition) is 0. The predicted octanol–water partition coefficient (Wildman–Crippen LogP) is 7.88. The Balaban J connectivity index is 1.51. The van der Waals surface area contributed by atoms with E-state index in [1.165, 1.54) is 8.61 Å². The van der Waals surface area contributed by atoms with Crippen LogP contribution in [0.2, 0.25) is 0 Å². The lowest BCUT2D eigenvalue weighted by atomic mass is 10.1. The Morgan fingerprint density at radius 3 is 1.30 bits per heavy atom. The van der Waals surface area contributed by atoms with Gasteiger partial charge in [0.1, 0.15) is 29.6 Å². The Labute approximate surface area is 321 Å². The van der Waals surface area contributed by atoms with Crippen molar-refractivity contribution in [2.75, 3.05) is 21.3 Å². The number of benzene rings is 4. The maximum Gasteiger partial charge on any atom is 0.217 e. The van der Waals surface area contributed by atoms with Crippen molar-refractivity contribution in [3.63, 3.8) is 0 Å². The summed E-state index contributed by atoms with van der Waals surface area (Å²) in [6.45, 7) is 11.7. The quantitative estimate of drug-likeness (QED) is 0.0742. The molecule has 0 N–H and O–H groups in total. The Hall–Kier alpha value is -4.62. The topological polar surface area (TPSA) is 112 Å². The van der Waals surface area contributed by atoms with Crippen molar-refractivity contribution in [2.45, 2.75) is 70.0 Å². The van der Waals surface area contributed by atoms with Crippen molar-refractivity contribution in [3.8, 4) is 23.0 Å². The summed E-state index contributed by atoms with van der Waals surface area (Å²) in [5.74, 6) is 2.57. The Morgan fingerprint density at radius 1 is 0.556 bits per heavy atom. The molecule has 0 aliphatic carbocycles. The highest BCUT2D eigenvalue weighted by molar-refractivity contribution is 7.89. The minimum Gasteiger partial charge on any atom is -0.497 e. The van der Waals surface area contributed by atoms with Gasteiger partial charge < -0.3 is 18.9 Å². The molecule has 0 radical (unpaired) electrons. The molecule has 4 aromatic carbocycles. The zero-order chi connectivity index (χ0) is 39.3. The molecule has 0 heterocycles. The average Bonchev–Trinajstić information content (AvgIpc) is 3.17. The molecule has 10 nitrogen and oxygen atoms in total. The van der Waals surface area contributed by atoms with Gasteiger partial charge in [-0.15, -0.1) is 13.2 Å². The van der Waals surface area contributed by atoms with E-state index >= 15 is 0 Å². The molecule has 0 saturated heterocycles. The van der Waals surface area contributed by atoms with Crippen molar-refractivity contribution in [3.05, 3.63) is 144 Å². The van der Waals surface area contributed by atoms with Gasteiger partial charge in [0.05, 0.1) is 31.8 Å². The van der Waals surface area contributed by atoms with Crippen molar-refractivity contribution < 1.29 is 35.8 Å². The second kappa shape index (κ2) is 19.6. The van der Waals surface area contributed by atoms with E-state index in [4.69, 9.17) is 18.9 Å². The summed E-state index contributed by atoms with van der Waals surface area (Å²) in [7, 11) is -2.60. The molecule has 0 spiro atoms. The van der Waals surface area contributed by atoms with Crippen molar-refractivity contribution >= 4 is 20.0 Å². The number of rotatable bonds is 22. The summed E-state index contributed by atoms with van der Waals surface area (Å²) in [5, 5.41) is -1.28. The highest BCUT2D eigenvalue weighted by Crippen LogP contribution is 2.27. The third kappa shape index (κ3) is 11.2. The summed E-state index contributed by atoms with van der Waals surface area (Å²) in [6, 6.07) is 27.6. The lowest BCUT2D eigenvalue weighted by molar-refractivity contribution is 0.296. The second-order valence-electron chi connectivity index (χ2n) is 13.1. The van der Waals surface area contributed by atoms with E-state index < -0.39 is 30.5 Å². The number of allylic oxidation sites excluding steroid dienone is 2. The molecule has 0 saturated carbocycles. The number of nitrogens with zero attached hydrogens (tertiary/aromatic N) is 2. The molecule has 0 bridgehead atoms. The van der Waals surface area contributed by atoms with Gasteiger partial charge in [-0.3, -0.25) is 0 Å². The van der Waals surface area contributed by atoms with Gasteiger partial charge in [-0.1, -0.05) is 54.6 Å². The molecule has 4 aromatic rings. The van der Waals surface area contributed by atoms with Crippen LogP contribution in [0.25, 0.3) is 0 Å². The van der Waals surface area contributed by atoms with E-state index in [2.05, 4.69) is 13.2 Å². The van der Waals surface area contributed by atoms with E-state index in [9.17, 15) is 16.8 Å². The van der Waals surface area contributed by atoms with Crippen LogP contribution in [0.15, 0.2) is 116 Å². The average molecular weight is 777 g/mol. The SMILES string of the molecule is C=CC[C@@H](C)S(=O)(=O)N(Cc1ccc(OC)cc1)Cc1ccc(OCc2cc(CN(Cc3ccc(OC)cc3)S(=O)(=O)[C@@H](C)CC=C)ccc2OC)cc1. The van der Waals surface area contributed by atoms with Gasteiger partial charge in [-0.05, 0) is 97.5 Å². The van der Waals surface area contributed by atoms with Gasteiger partial charge in [0.2, 0.25) is 20.0 Å². The van der Waals surface area contributed by atoms with Gasteiger partial charge in [0.15, 0.2) is 0 Å². The van der Waals surface area contributed by atoms with Crippen LogP contribution in [-0.4, -0.2) is 57.3 Å². The van der Waals surface area contributed by atoms with E-state index in [0.717, 1.165) is 27.8 Å². The van der Waals surface area contributed by atoms with E-state index in [0.29, 0.717) is 35.8 Å². The van der Waals surface area contributed by atoms with Crippen LogP contribution in [0.1, 0.15) is 54.5 Å². The van der Waals surface area contributed by atoms with Crippen LogP contribution < -0.4 is 18.9 Å². The van der Waals surface area contributed by atoms with Gasteiger partial charge in [0.25, 0.3) is 0 Å². The fourth-order valence-electron chi connectivity index (χ4n) is 5.86. The summed E-state index contributed by atoms with van der Waals surface area (Å²) < 4.78 is 80.1. The molecule has 0 aliphatic heterocycles. The molecule has 0 fully saturated rings. The molecule has 12 heteroatoms. The van der Waals surface area contributed by atoms with Crippen LogP contribution in [0.4, 0.5) is 0 Å². The Bertz CT molecular complexity index is 2030. The minimum absolute atomic E-state index is 0.142. The molecule has 0 unspecified atom stereocenters. The summed E-state index contributed by atoms with van der Waals surface area (Å²) in [6.07, 6.45) is 3.90. The lowest BCUT2D eigenvalue weighted by Crippen LogP contribution is -2.36. The third-order valence-corrected chi connectivity index (χ3v) is 13.5. The van der Waals surface area contributed by atoms with Crippen LogP contribution in [-0.2, 0) is 52.8 Å². The molecular formula is C42H52N2O8S2. The molecule has 290 valence electrons. The van der Waals surface area contributed by atoms with Crippen molar-refractivity contribution in [1.29, 1.82) is 0 Å². The fourth-order valence-corrected chi connectivity index (χ4v) is 8.96. The van der Waals surface area contributed by atoms with Crippen molar-refractivity contribution in [1.82, 2.24) is 8.61 Å².